The Morgan fingerprint density at radius 3 is 2.37 bits per heavy atom. The van der Waals surface area contributed by atoms with Gasteiger partial charge in [-0.15, -0.1) is 0 Å². The van der Waals surface area contributed by atoms with Crippen molar-refractivity contribution in [3.05, 3.63) is 0 Å². The molecule has 1 aliphatic carbocycles. The summed E-state index contributed by atoms with van der Waals surface area (Å²) in [5.74, 6) is -1.68. The largest absolute Gasteiger partial charge is 0.481 e. The van der Waals surface area contributed by atoms with Crippen molar-refractivity contribution in [2.45, 2.75) is 52.0 Å². The zero-order chi connectivity index (χ0) is 14.4. The predicted octanol–water partition coefficient (Wildman–Crippen LogP) is 1.40. The standard InChI is InChI=1S/C14H25NO4/c1-3-9-7-11(12(8-9)14(18)19)13(17)15-10(4-2)5-6-16/h9-12,16H,3-8H2,1-2H3,(H,15,17)(H,18,19). The van der Waals surface area contributed by atoms with Crippen molar-refractivity contribution in [3.8, 4) is 0 Å². The average molecular weight is 271 g/mol. The summed E-state index contributed by atoms with van der Waals surface area (Å²) in [7, 11) is 0. The summed E-state index contributed by atoms with van der Waals surface area (Å²) in [6.07, 6.45) is 3.44. The molecule has 5 nitrogen and oxygen atoms in total. The number of amides is 1. The Morgan fingerprint density at radius 1 is 1.26 bits per heavy atom. The van der Waals surface area contributed by atoms with Gasteiger partial charge in [-0.3, -0.25) is 9.59 Å². The maximum Gasteiger partial charge on any atom is 0.307 e. The summed E-state index contributed by atoms with van der Waals surface area (Å²) in [5.41, 5.74) is 0. The lowest BCUT2D eigenvalue weighted by molar-refractivity contribution is -0.146. The number of aliphatic hydroxyl groups excluding tert-OH is 1. The normalized spacial score (nSPS) is 28.1. The van der Waals surface area contributed by atoms with Crippen LogP contribution >= 0.6 is 0 Å². The zero-order valence-electron chi connectivity index (χ0n) is 11.8. The highest BCUT2D eigenvalue weighted by Gasteiger charge is 2.42. The first kappa shape index (κ1) is 16.0. The Morgan fingerprint density at radius 2 is 1.89 bits per heavy atom. The molecule has 3 N–H and O–H groups in total. The number of nitrogens with one attached hydrogen (secondary N) is 1. The van der Waals surface area contributed by atoms with Crippen LogP contribution in [0.1, 0.15) is 46.0 Å². The molecule has 0 radical (unpaired) electrons. The van der Waals surface area contributed by atoms with Crippen LogP contribution in [0.15, 0.2) is 0 Å². The molecular formula is C14H25NO4. The molecule has 4 atom stereocenters. The van der Waals surface area contributed by atoms with Gasteiger partial charge in [0.1, 0.15) is 0 Å². The first-order chi connectivity index (χ1) is 9.03. The van der Waals surface area contributed by atoms with E-state index in [1.807, 2.05) is 13.8 Å². The lowest BCUT2D eigenvalue weighted by atomic mass is 9.95. The lowest BCUT2D eigenvalue weighted by Crippen LogP contribution is -2.41. The van der Waals surface area contributed by atoms with Crippen molar-refractivity contribution in [1.29, 1.82) is 0 Å². The van der Waals surface area contributed by atoms with Crippen molar-refractivity contribution >= 4 is 11.9 Å². The van der Waals surface area contributed by atoms with Crippen molar-refractivity contribution in [2.75, 3.05) is 6.61 Å². The second kappa shape index (κ2) is 7.48. The third-order valence-corrected chi connectivity index (χ3v) is 4.21. The van der Waals surface area contributed by atoms with Gasteiger partial charge in [0.25, 0.3) is 0 Å². The topological polar surface area (TPSA) is 86.6 Å². The fourth-order valence-corrected chi connectivity index (χ4v) is 2.88. The van der Waals surface area contributed by atoms with Crippen LogP contribution in [0.2, 0.25) is 0 Å². The molecule has 0 saturated heterocycles. The molecule has 1 fully saturated rings. The van der Waals surface area contributed by atoms with Crippen LogP contribution in [-0.4, -0.2) is 34.7 Å². The number of carbonyl (C=O) groups excluding carboxylic acids is 1. The molecular weight excluding hydrogens is 246 g/mol. The van der Waals surface area contributed by atoms with E-state index in [4.69, 9.17) is 5.11 Å². The zero-order valence-corrected chi connectivity index (χ0v) is 11.8. The van der Waals surface area contributed by atoms with Gasteiger partial charge in [0.2, 0.25) is 5.91 Å². The van der Waals surface area contributed by atoms with Crippen LogP contribution in [0.5, 0.6) is 0 Å². The maximum atomic E-state index is 12.2. The molecule has 5 heteroatoms. The van der Waals surface area contributed by atoms with Crippen molar-refractivity contribution in [1.82, 2.24) is 5.32 Å². The fourth-order valence-electron chi connectivity index (χ4n) is 2.88. The summed E-state index contributed by atoms with van der Waals surface area (Å²) in [4.78, 5) is 23.4. The molecule has 1 amide bonds. The van der Waals surface area contributed by atoms with E-state index < -0.39 is 17.8 Å². The molecule has 0 heterocycles. The van der Waals surface area contributed by atoms with Crippen LogP contribution in [0.4, 0.5) is 0 Å². The predicted molar refractivity (Wildman–Crippen MR) is 71.6 cm³/mol. The van der Waals surface area contributed by atoms with Gasteiger partial charge < -0.3 is 15.5 Å². The van der Waals surface area contributed by atoms with Gasteiger partial charge in [-0.1, -0.05) is 20.3 Å². The lowest BCUT2D eigenvalue weighted by Gasteiger charge is -2.21. The monoisotopic (exact) mass is 271 g/mol. The molecule has 19 heavy (non-hydrogen) atoms. The minimum absolute atomic E-state index is 0.0311. The van der Waals surface area contributed by atoms with Gasteiger partial charge in [0, 0.05) is 12.6 Å². The Bertz CT molecular complexity index is 319. The number of hydrogen-bond donors (Lipinski definition) is 3. The fraction of sp³-hybridized carbons (Fsp3) is 0.857. The molecule has 0 aliphatic heterocycles. The second-order valence-corrected chi connectivity index (χ2v) is 5.42. The van der Waals surface area contributed by atoms with Gasteiger partial charge in [-0.2, -0.15) is 0 Å². The quantitative estimate of drug-likeness (QED) is 0.653. The Hall–Kier alpha value is -1.10. The van der Waals surface area contributed by atoms with E-state index in [0.29, 0.717) is 25.2 Å². The molecule has 110 valence electrons. The van der Waals surface area contributed by atoms with E-state index in [1.165, 1.54) is 0 Å². The number of aliphatic carboxylic acids is 1. The SMILES string of the molecule is CCC1CC(C(=O)O)C(C(=O)NC(CC)CCO)C1. The minimum atomic E-state index is -0.869. The Labute approximate surface area is 114 Å². The number of hydrogen-bond acceptors (Lipinski definition) is 3. The van der Waals surface area contributed by atoms with E-state index in [0.717, 1.165) is 12.8 Å². The van der Waals surface area contributed by atoms with Crippen LogP contribution < -0.4 is 5.32 Å². The Kier molecular flexibility index (Phi) is 6.28. The van der Waals surface area contributed by atoms with Crippen LogP contribution in [0.3, 0.4) is 0 Å². The van der Waals surface area contributed by atoms with Crippen molar-refractivity contribution < 1.29 is 19.8 Å². The molecule has 0 aromatic rings. The van der Waals surface area contributed by atoms with Crippen molar-refractivity contribution in [3.63, 3.8) is 0 Å². The van der Waals surface area contributed by atoms with E-state index in [1.54, 1.807) is 0 Å². The molecule has 4 unspecified atom stereocenters. The molecule has 0 aromatic heterocycles. The third-order valence-electron chi connectivity index (χ3n) is 4.21. The van der Waals surface area contributed by atoms with Crippen LogP contribution in [0.25, 0.3) is 0 Å². The van der Waals surface area contributed by atoms with Crippen LogP contribution in [-0.2, 0) is 9.59 Å². The number of carboxylic acids is 1. The summed E-state index contributed by atoms with van der Waals surface area (Å²) >= 11 is 0. The summed E-state index contributed by atoms with van der Waals surface area (Å²) in [6.45, 7) is 4.01. The molecule has 0 spiro atoms. The average Bonchev–Trinajstić information content (AvgIpc) is 2.82. The molecule has 0 bridgehead atoms. The number of carbonyl (C=O) groups is 2. The third kappa shape index (κ3) is 4.20. The molecule has 1 saturated carbocycles. The summed E-state index contributed by atoms with van der Waals surface area (Å²) in [5, 5.41) is 21.0. The van der Waals surface area contributed by atoms with Crippen LogP contribution in [0, 0.1) is 17.8 Å². The van der Waals surface area contributed by atoms with E-state index in [9.17, 15) is 14.7 Å². The summed E-state index contributed by atoms with van der Waals surface area (Å²) in [6, 6.07) is -0.0624. The van der Waals surface area contributed by atoms with Gasteiger partial charge in [0.15, 0.2) is 0 Å². The first-order valence-electron chi connectivity index (χ1n) is 7.17. The molecule has 0 aromatic carbocycles. The van der Waals surface area contributed by atoms with E-state index in [2.05, 4.69) is 5.32 Å². The highest BCUT2D eigenvalue weighted by atomic mass is 16.4. The van der Waals surface area contributed by atoms with E-state index in [-0.39, 0.29) is 18.6 Å². The second-order valence-electron chi connectivity index (χ2n) is 5.42. The molecule has 1 rings (SSSR count). The number of carboxylic acid groups (broad SMARTS) is 1. The van der Waals surface area contributed by atoms with Gasteiger partial charge in [-0.25, -0.2) is 0 Å². The number of aliphatic hydroxyl groups is 1. The molecule has 1 aliphatic rings. The van der Waals surface area contributed by atoms with Gasteiger partial charge >= 0.3 is 5.97 Å². The van der Waals surface area contributed by atoms with Gasteiger partial charge in [0.05, 0.1) is 11.8 Å². The van der Waals surface area contributed by atoms with E-state index >= 15 is 0 Å². The van der Waals surface area contributed by atoms with Crippen molar-refractivity contribution in [2.24, 2.45) is 17.8 Å². The summed E-state index contributed by atoms with van der Waals surface area (Å²) < 4.78 is 0. The van der Waals surface area contributed by atoms with Gasteiger partial charge in [-0.05, 0) is 31.6 Å². The maximum absolute atomic E-state index is 12.2. The minimum Gasteiger partial charge on any atom is -0.481 e. The first-order valence-corrected chi connectivity index (χ1v) is 7.17. The number of rotatable bonds is 7. The highest BCUT2D eigenvalue weighted by molar-refractivity contribution is 5.85. The highest BCUT2D eigenvalue weighted by Crippen LogP contribution is 2.38. The smallest absolute Gasteiger partial charge is 0.307 e. The Balaban J connectivity index is 2.65.